The number of hydrogen-bond donors (Lipinski definition) is 2. The molecule has 3 aliphatic rings. The number of anilines is 2. The van der Waals surface area contributed by atoms with E-state index in [9.17, 15) is 9.50 Å². The normalized spacial score (nSPS) is 20.7. The predicted octanol–water partition coefficient (Wildman–Crippen LogP) is 5.82. The molecule has 1 atom stereocenters. The number of piperidine rings is 2. The van der Waals surface area contributed by atoms with Crippen LogP contribution in [-0.2, 0) is 5.41 Å². The zero-order chi connectivity index (χ0) is 25.6. The molecular weight excluding hydrogens is 514 g/mol. The molecule has 37 heavy (non-hydrogen) atoms. The van der Waals surface area contributed by atoms with Gasteiger partial charge in [0.25, 0.3) is 6.01 Å². The average molecular weight is 545 g/mol. The van der Waals surface area contributed by atoms with Crippen molar-refractivity contribution in [1.82, 2.24) is 9.88 Å². The van der Waals surface area contributed by atoms with Crippen LogP contribution in [-0.4, -0.2) is 60.4 Å². The summed E-state index contributed by atoms with van der Waals surface area (Å²) < 4.78 is 19.4. The third-order valence-electron chi connectivity index (χ3n) is 8.48. The average Bonchev–Trinajstić information content (AvgIpc) is 3.53. The molecule has 3 aromatic rings. The van der Waals surface area contributed by atoms with Gasteiger partial charge in [-0.3, -0.25) is 0 Å². The summed E-state index contributed by atoms with van der Waals surface area (Å²) in [7, 11) is 0. The molecule has 1 unspecified atom stereocenters. The molecule has 0 amide bonds. The van der Waals surface area contributed by atoms with Gasteiger partial charge in [-0.1, -0.05) is 29.3 Å². The Morgan fingerprint density at radius 2 is 1.89 bits per heavy atom. The number of aliphatic hydroxyl groups excluding tert-OH is 1. The first-order valence-corrected chi connectivity index (χ1v) is 13.8. The second kappa shape index (κ2) is 10.1. The lowest BCUT2D eigenvalue weighted by Crippen LogP contribution is -2.48. The number of rotatable bonds is 5. The van der Waals surface area contributed by atoms with Crippen LogP contribution in [0.25, 0.3) is 11.3 Å². The minimum absolute atomic E-state index is 0.0590. The highest BCUT2D eigenvalue weighted by molar-refractivity contribution is 6.31. The standard InChI is InChI=1S/C28H31Cl2FN4O2/c29-20-2-3-21-24(14-20)33-17-28(21)7-11-34(12-8-28)16-25(36)18-5-9-35(10-6-18)27-32-15-26(37-27)19-1-4-23(31)22(30)13-19/h1-4,13-15,18,25,33,36H,5-12,16-17H2. The Balaban J connectivity index is 1.00. The number of hydrogen-bond acceptors (Lipinski definition) is 6. The lowest BCUT2D eigenvalue weighted by molar-refractivity contribution is 0.0385. The summed E-state index contributed by atoms with van der Waals surface area (Å²) >= 11 is 12.1. The maximum Gasteiger partial charge on any atom is 0.297 e. The third-order valence-corrected chi connectivity index (χ3v) is 9.01. The number of oxazole rings is 1. The number of aromatic nitrogens is 1. The maximum absolute atomic E-state index is 13.5. The topological polar surface area (TPSA) is 64.8 Å². The van der Waals surface area contributed by atoms with Crippen LogP contribution < -0.4 is 10.2 Å². The van der Waals surface area contributed by atoms with E-state index in [4.69, 9.17) is 27.6 Å². The molecule has 0 bridgehead atoms. The van der Waals surface area contributed by atoms with Gasteiger partial charge in [-0.15, -0.1) is 0 Å². The molecule has 9 heteroatoms. The highest BCUT2D eigenvalue weighted by Crippen LogP contribution is 2.45. The molecule has 2 aromatic carbocycles. The quantitative estimate of drug-likeness (QED) is 0.421. The first-order chi connectivity index (χ1) is 17.9. The van der Waals surface area contributed by atoms with Gasteiger partial charge >= 0.3 is 0 Å². The van der Waals surface area contributed by atoms with E-state index in [1.54, 1.807) is 18.3 Å². The van der Waals surface area contributed by atoms with Gasteiger partial charge in [-0.25, -0.2) is 9.37 Å². The molecule has 0 aliphatic carbocycles. The van der Waals surface area contributed by atoms with Crippen molar-refractivity contribution in [3.63, 3.8) is 0 Å². The van der Waals surface area contributed by atoms with Crippen LogP contribution >= 0.6 is 23.2 Å². The molecule has 0 saturated carbocycles. The van der Waals surface area contributed by atoms with Crippen molar-refractivity contribution in [2.75, 3.05) is 49.5 Å². The third kappa shape index (κ3) is 4.94. The minimum atomic E-state index is -0.457. The van der Waals surface area contributed by atoms with Crippen LogP contribution in [0.2, 0.25) is 10.0 Å². The fourth-order valence-electron chi connectivity index (χ4n) is 6.18. The van der Waals surface area contributed by atoms with E-state index in [0.717, 1.165) is 70.0 Å². The molecule has 2 fully saturated rings. The zero-order valence-electron chi connectivity index (χ0n) is 20.6. The molecule has 2 saturated heterocycles. The molecular formula is C28H31Cl2FN4O2. The fourth-order valence-corrected chi connectivity index (χ4v) is 6.53. The monoisotopic (exact) mass is 544 g/mol. The van der Waals surface area contributed by atoms with Crippen LogP contribution in [0, 0.1) is 11.7 Å². The van der Waals surface area contributed by atoms with Crippen molar-refractivity contribution in [2.45, 2.75) is 37.2 Å². The second-order valence-corrected chi connectivity index (χ2v) is 11.5. The van der Waals surface area contributed by atoms with E-state index in [-0.39, 0.29) is 22.5 Å². The lowest BCUT2D eigenvalue weighted by atomic mass is 9.74. The van der Waals surface area contributed by atoms with Gasteiger partial charge in [0.15, 0.2) is 5.76 Å². The van der Waals surface area contributed by atoms with Gasteiger partial charge in [0.2, 0.25) is 0 Å². The summed E-state index contributed by atoms with van der Waals surface area (Å²) in [6.07, 6.45) is 5.26. The zero-order valence-corrected chi connectivity index (χ0v) is 22.1. The van der Waals surface area contributed by atoms with Gasteiger partial charge in [0, 0.05) is 47.9 Å². The molecule has 4 heterocycles. The van der Waals surface area contributed by atoms with Gasteiger partial charge in [0.05, 0.1) is 17.3 Å². The Kier molecular flexibility index (Phi) is 6.82. The van der Waals surface area contributed by atoms with Crippen molar-refractivity contribution in [2.24, 2.45) is 5.92 Å². The van der Waals surface area contributed by atoms with Gasteiger partial charge < -0.3 is 24.6 Å². The largest absolute Gasteiger partial charge is 0.423 e. The Hall–Kier alpha value is -2.32. The number of β-amino-alcohol motifs (C(OH)–C–C–N with tert-alkyl or cyclic N) is 1. The van der Waals surface area contributed by atoms with Crippen LogP contribution in [0.5, 0.6) is 0 Å². The smallest absolute Gasteiger partial charge is 0.297 e. The van der Waals surface area contributed by atoms with Crippen molar-refractivity contribution >= 4 is 34.9 Å². The molecule has 196 valence electrons. The number of likely N-dealkylation sites (tertiary alicyclic amines) is 1. The second-order valence-electron chi connectivity index (χ2n) is 10.7. The van der Waals surface area contributed by atoms with Crippen LogP contribution in [0.15, 0.2) is 47.0 Å². The number of nitrogens with zero attached hydrogens (tertiary/aromatic N) is 3. The molecule has 1 aromatic heterocycles. The number of fused-ring (bicyclic) bond motifs is 2. The molecule has 6 nitrogen and oxygen atoms in total. The summed E-state index contributed by atoms with van der Waals surface area (Å²) in [5, 5.41) is 15.4. The summed E-state index contributed by atoms with van der Waals surface area (Å²) in [6, 6.07) is 11.3. The van der Waals surface area contributed by atoms with E-state index >= 15 is 0 Å². The van der Waals surface area contributed by atoms with Crippen molar-refractivity contribution < 1.29 is 13.9 Å². The number of halogens is 3. The Labute approximate surface area is 226 Å². The van der Waals surface area contributed by atoms with E-state index in [0.29, 0.717) is 17.3 Å². The lowest BCUT2D eigenvalue weighted by Gasteiger charge is -2.41. The minimum Gasteiger partial charge on any atom is -0.423 e. The maximum atomic E-state index is 13.5. The Morgan fingerprint density at radius 3 is 2.65 bits per heavy atom. The van der Waals surface area contributed by atoms with Crippen molar-refractivity contribution in [3.8, 4) is 11.3 Å². The van der Waals surface area contributed by atoms with Crippen molar-refractivity contribution in [1.29, 1.82) is 0 Å². The SMILES string of the molecule is OC(CN1CCC2(CC1)CNc1cc(Cl)ccc12)C1CCN(c2ncc(-c3ccc(F)c(Cl)c3)o2)CC1. The van der Waals surface area contributed by atoms with Crippen LogP contribution in [0.4, 0.5) is 16.1 Å². The van der Waals surface area contributed by atoms with E-state index < -0.39 is 5.82 Å². The Bertz CT molecular complexity index is 1270. The summed E-state index contributed by atoms with van der Waals surface area (Å²) in [6.45, 7) is 5.22. The van der Waals surface area contributed by atoms with Crippen LogP contribution in [0.1, 0.15) is 31.2 Å². The van der Waals surface area contributed by atoms with Gasteiger partial charge in [-0.05, 0) is 80.6 Å². The Morgan fingerprint density at radius 1 is 1.11 bits per heavy atom. The first-order valence-electron chi connectivity index (χ1n) is 13.0. The molecule has 1 spiro atoms. The molecule has 6 rings (SSSR count). The van der Waals surface area contributed by atoms with Gasteiger partial charge in [-0.2, -0.15) is 0 Å². The number of benzene rings is 2. The van der Waals surface area contributed by atoms with E-state index in [2.05, 4.69) is 26.2 Å². The highest BCUT2D eigenvalue weighted by Gasteiger charge is 2.42. The van der Waals surface area contributed by atoms with Crippen LogP contribution in [0.3, 0.4) is 0 Å². The summed E-state index contributed by atoms with van der Waals surface area (Å²) in [5.74, 6) is 0.361. The number of nitrogens with one attached hydrogen (secondary N) is 1. The highest BCUT2D eigenvalue weighted by atomic mass is 35.5. The van der Waals surface area contributed by atoms with Crippen molar-refractivity contribution in [3.05, 3.63) is 64.0 Å². The summed E-state index contributed by atoms with van der Waals surface area (Å²) in [5.41, 5.74) is 3.44. The number of aliphatic hydroxyl groups is 1. The predicted molar refractivity (Wildman–Crippen MR) is 145 cm³/mol. The fraction of sp³-hybridized carbons (Fsp3) is 0.464. The molecule has 2 N–H and O–H groups in total. The van der Waals surface area contributed by atoms with E-state index in [1.165, 1.54) is 17.3 Å². The van der Waals surface area contributed by atoms with E-state index in [1.807, 2.05) is 12.1 Å². The first kappa shape index (κ1) is 25.0. The molecule has 0 radical (unpaired) electrons. The molecule has 3 aliphatic heterocycles. The summed E-state index contributed by atoms with van der Waals surface area (Å²) in [4.78, 5) is 8.96. The van der Waals surface area contributed by atoms with Gasteiger partial charge in [0.1, 0.15) is 5.82 Å².